The maximum absolute atomic E-state index is 13.0. The van der Waals surface area contributed by atoms with Gasteiger partial charge in [-0.05, 0) is 54.8 Å². The molecule has 2 aromatic carbocycles. The molecule has 3 aromatic rings. The molecular weight excluding hydrogens is 367 g/mol. The number of carbonyl (C=O) groups is 1. The van der Waals surface area contributed by atoms with E-state index in [-0.39, 0.29) is 17.4 Å². The minimum atomic E-state index is -0.271. The standard InChI is InChI=1S/C23H23FN4O/c24-18-9-7-17(8-10-18)16-25-22(29)27-14-11-23(12-15-27)21-6-3-13-28(21)20-5-2-1-4-19(20)26-23/h1-10,13,26H,11-12,14-16H2,(H,25,29). The average Bonchev–Trinajstić information content (AvgIpc) is 3.25. The molecule has 1 spiro atoms. The number of piperidine rings is 1. The molecule has 1 saturated heterocycles. The largest absolute Gasteiger partial charge is 0.372 e. The fourth-order valence-electron chi connectivity index (χ4n) is 4.46. The van der Waals surface area contributed by atoms with E-state index in [2.05, 4.69) is 51.7 Å². The summed E-state index contributed by atoms with van der Waals surface area (Å²) in [4.78, 5) is 14.5. The molecule has 5 nitrogen and oxygen atoms in total. The van der Waals surface area contributed by atoms with Crippen molar-refractivity contribution in [3.63, 3.8) is 0 Å². The highest BCUT2D eigenvalue weighted by molar-refractivity contribution is 5.74. The van der Waals surface area contributed by atoms with E-state index in [1.54, 1.807) is 12.1 Å². The van der Waals surface area contributed by atoms with Crippen molar-refractivity contribution in [2.45, 2.75) is 24.9 Å². The second-order valence-corrected chi connectivity index (χ2v) is 7.76. The lowest BCUT2D eigenvalue weighted by Crippen LogP contribution is -2.52. The van der Waals surface area contributed by atoms with E-state index >= 15 is 0 Å². The summed E-state index contributed by atoms with van der Waals surface area (Å²) in [5.74, 6) is -0.271. The Morgan fingerprint density at radius 2 is 1.79 bits per heavy atom. The monoisotopic (exact) mass is 390 g/mol. The van der Waals surface area contributed by atoms with E-state index < -0.39 is 0 Å². The third-order valence-electron chi connectivity index (χ3n) is 6.04. The molecule has 6 heteroatoms. The van der Waals surface area contributed by atoms with Gasteiger partial charge in [-0.2, -0.15) is 0 Å². The van der Waals surface area contributed by atoms with Gasteiger partial charge in [0.25, 0.3) is 0 Å². The van der Waals surface area contributed by atoms with Crippen LogP contribution in [0.1, 0.15) is 24.1 Å². The van der Waals surface area contributed by atoms with Gasteiger partial charge in [0.1, 0.15) is 5.82 Å². The van der Waals surface area contributed by atoms with Gasteiger partial charge >= 0.3 is 6.03 Å². The van der Waals surface area contributed by atoms with Crippen LogP contribution < -0.4 is 10.6 Å². The lowest BCUT2D eigenvalue weighted by molar-refractivity contribution is 0.162. The van der Waals surface area contributed by atoms with Crippen molar-refractivity contribution in [1.29, 1.82) is 0 Å². The summed E-state index contributed by atoms with van der Waals surface area (Å²) in [5.41, 5.74) is 4.27. The van der Waals surface area contributed by atoms with Gasteiger partial charge in [0.2, 0.25) is 0 Å². The van der Waals surface area contributed by atoms with E-state index in [9.17, 15) is 9.18 Å². The Labute approximate surface area is 169 Å². The first-order valence-electron chi connectivity index (χ1n) is 9.97. The molecule has 0 aliphatic carbocycles. The number of anilines is 1. The highest BCUT2D eigenvalue weighted by Crippen LogP contribution is 2.43. The second kappa shape index (κ2) is 6.95. The SMILES string of the molecule is O=C(NCc1ccc(F)cc1)N1CCC2(CC1)Nc1ccccc1-n1cccc12. The summed E-state index contributed by atoms with van der Waals surface area (Å²) in [6.07, 6.45) is 3.79. The molecule has 3 heterocycles. The first-order chi connectivity index (χ1) is 14.1. The lowest BCUT2D eigenvalue weighted by Gasteiger charge is -2.46. The van der Waals surface area contributed by atoms with Crippen LogP contribution in [0, 0.1) is 5.82 Å². The van der Waals surface area contributed by atoms with Crippen LogP contribution in [0.5, 0.6) is 0 Å². The number of amides is 2. The number of hydrogen-bond donors (Lipinski definition) is 2. The number of urea groups is 1. The van der Waals surface area contributed by atoms with Crippen LogP contribution >= 0.6 is 0 Å². The Kier molecular flexibility index (Phi) is 4.27. The Balaban J connectivity index is 1.27. The predicted octanol–water partition coefficient (Wildman–Crippen LogP) is 4.24. The van der Waals surface area contributed by atoms with E-state index in [1.165, 1.54) is 17.8 Å². The molecular formula is C23H23FN4O. The van der Waals surface area contributed by atoms with Crippen molar-refractivity contribution in [3.8, 4) is 5.69 Å². The van der Waals surface area contributed by atoms with Crippen molar-refractivity contribution in [2.24, 2.45) is 0 Å². The number of rotatable bonds is 2. The summed E-state index contributed by atoms with van der Waals surface area (Å²) in [6, 6.07) is 18.7. The van der Waals surface area contributed by atoms with Crippen LogP contribution in [0.25, 0.3) is 5.69 Å². The Morgan fingerprint density at radius 1 is 1.03 bits per heavy atom. The predicted molar refractivity (Wildman–Crippen MR) is 111 cm³/mol. The summed E-state index contributed by atoms with van der Waals surface area (Å²) < 4.78 is 15.3. The summed E-state index contributed by atoms with van der Waals surface area (Å²) in [7, 11) is 0. The van der Waals surface area contributed by atoms with Crippen LogP contribution in [0.15, 0.2) is 66.9 Å². The minimum absolute atomic E-state index is 0.0734. The summed E-state index contributed by atoms with van der Waals surface area (Å²) in [6.45, 7) is 1.75. The molecule has 0 unspecified atom stereocenters. The molecule has 5 rings (SSSR count). The van der Waals surface area contributed by atoms with E-state index in [1.807, 2.05) is 11.0 Å². The molecule has 0 radical (unpaired) electrons. The van der Waals surface area contributed by atoms with E-state index in [0.29, 0.717) is 19.6 Å². The number of nitrogens with one attached hydrogen (secondary N) is 2. The molecule has 2 aliphatic heterocycles. The zero-order valence-electron chi connectivity index (χ0n) is 16.1. The number of halogens is 1. The van der Waals surface area contributed by atoms with Crippen LogP contribution in [-0.4, -0.2) is 28.6 Å². The van der Waals surface area contributed by atoms with Crippen LogP contribution in [0.4, 0.5) is 14.9 Å². The zero-order chi connectivity index (χ0) is 19.8. The first kappa shape index (κ1) is 17.8. The van der Waals surface area contributed by atoms with Crippen molar-refractivity contribution in [1.82, 2.24) is 14.8 Å². The normalized spacial score (nSPS) is 16.7. The Bertz CT molecular complexity index is 1040. The Morgan fingerprint density at radius 3 is 2.59 bits per heavy atom. The second-order valence-electron chi connectivity index (χ2n) is 7.76. The Hall–Kier alpha value is -3.28. The summed E-state index contributed by atoms with van der Waals surface area (Å²) in [5, 5.41) is 6.71. The number of hydrogen-bond acceptors (Lipinski definition) is 2. The molecule has 0 bridgehead atoms. The molecule has 2 amide bonds. The molecule has 148 valence electrons. The van der Waals surface area contributed by atoms with Gasteiger partial charge in [0.05, 0.1) is 16.9 Å². The fraction of sp³-hybridized carbons (Fsp3) is 0.261. The van der Waals surface area contributed by atoms with Crippen molar-refractivity contribution < 1.29 is 9.18 Å². The fourth-order valence-corrected chi connectivity index (χ4v) is 4.46. The number of nitrogens with zero attached hydrogens (tertiary/aromatic N) is 2. The van der Waals surface area contributed by atoms with Crippen LogP contribution in [-0.2, 0) is 12.1 Å². The van der Waals surface area contributed by atoms with Gasteiger partial charge in [-0.25, -0.2) is 9.18 Å². The van der Waals surface area contributed by atoms with Gasteiger partial charge in [-0.1, -0.05) is 24.3 Å². The quantitative estimate of drug-likeness (QED) is 0.688. The van der Waals surface area contributed by atoms with Crippen molar-refractivity contribution >= 4 is 11.7 Å². The van der Waals surface area contributed by atoms with Gasteiger partial charge in [0, 0.05) is 31.5 Å². The van der Waals surface area contributed by atoms with E-state index in [4.69, 9.17) is 0 Å². The topological polar surface area (TPSA) is 49.3 Å². The third-order valence-corrected chi connectivity index (χ3v) is 6.04. The molecule has 2 N–H and O–H groups in total. The maximum atomic E-state index is 13.0. The molecule has 29 heavy (non-hydrogen) atoms. The van der Waals surface area contributed by atoms with Gasteiger partial charge in [-0.3, -0.25) is 0 Å². The zero-order valence-corrected chi connectivity index (χ0v) is 16.1. The number of aromatic nitrogens is 1. The lowest BCUT2D eigenvalue weighted by atomic mass is 9.82. The molecule has 0 atom stereocenters. The molecule has 0 saturated carbocycles. The number of carbonyl (C=O) groups excluding carboxylic acids is 1. The summed E-state index contributed by atoms with van der Waals surface area (Å²) >= 11 is 0. The number of fused-ring (bicyclic) bond motifs is 4. The molecule has 1 fully saturated rings. The highest BCUT2D eigenvalue weighted by atomic mass is 19.1. The number of para-hydroxylation sites is 2. The van der Waals surface area contributed by atoms with Crippen LogP contribution in [0.3, 0.4) is 0 Å². The van der Waals surface area contributed by atoms with E-state index in [0.717, 1.165) is 29.8 Å². The average molecular weight is 390 g/mol. The van der Waals surface area contributed by atoms with Gasteiger partial charge < -0.3 is 20.1 Å². The van der Waals surface area contributed by atoms with Crippen molar-refractivity contribution in [3.05, 3.63) is 83.9 Å². The van der Waals surface area contributed by atoms with Crippen molar-refractivity contribution in [2.75, 3.05) is 18.4 Å². The number of benzene rings is 2. The first-order valence-corrected chi connectivity index (χ1v) is 9.97. The molecule has 1 aromatic heterocycles. The smallest absolute Gasteiger partial charge is 0.317 e. The number of likely N-dealkylation sites (tertiary alicyclic amines) is 1. The molecule has 2 aliphatic rings. The highest BCUT2D eigenvalue weighted by Gasteiger charge is 2.42. The van der Waals surface area contributed by atoms with Gasteiger partial charge in [-0.15, -0.1) is 0 Å². The van der Waals surface area contributed by atoms with Gasteiger partial charge in [0.15, 0.2) is 0 Å². The third kappa shape index (κ3) is 3.14. The minimum Gasteiger partial charge on any atom is -0.372 e. The van der Waals surface area contributed by atoms with Crippen LogP contribution in [0.2, 0.25) is 0 Å². The maximum Gasteiger partial charge on any atom is 0.317 e.